The molecule has 0 N–H and O–H groups in total. The Hall–Kier alpha value is -2.89. The maximum absolute atomic E-state index is 12.9. The van der Waals surface area contributed by atoms with Crippen molar-refractivity contribution in [1.29, 1.82) is 0 Å². The van der Waals surface area contributed by atoms with Crippen LogP contribution in [0.25, 0.3) is 0 Å². The molecule has 6 heteroatoms. The third kappa shape index (κ3) is 2.60. The Balaban J connectivity index is 1.67. The van der Waals surface area contributed by atoms with E-state index >= 15 is 0 Å². The molecular formula is C18H19N5O. The van der Waals surface area contributed by atoms with Crippen LogP contribution < -0.4 is 0 Å². The molecule has 1 aliphatic heterocycles. The van der Waals surface area contributed by atoms with Gasteiger partial charge in [-0.1, -0.05) is 30.3 Å². The smallest absolute Gasteiger partial charge is 0.245 e. The normalized spacial score (nSPS) is 16.9. The average molecular weight is 321 g/mol. The summed E-state index contributed by atoms with van der Waals surface area (Å²) in [5, 5.41) is 4.15. The summed E-state index contributed by atoms with van der Waals surface area (Å²) in [6.45, 7) is 3.55. The zero-order valence-electron chi connectivity index (χ0n) is 13.5. The summed E-state index contributed by atoms with van der Waals surface area (Å²) in [4.78, 5) is 19.3. The number of carbonyl (C=O) groups excluding carboxylic acids is 1. The molecule has 0 saturated heterocycles. The van der Waals surface area contributed by atoms with Crippen LogP contribution >= 0.6 is 0 Å². The van der Waals surface area contributed by atoms with E-state index in [-0.39, 0.29) is 18.5 Å². The largest absolute Gasteiger partial charge is 0.328 e. The number of amides is 1. The molecule has 3 aromatic rings. The quantitative estimate of drug-likeness (QED) is 0.743. The van der Waals surface area contributed by atoms with Gasteiger partial charge in [0.2, 0.25) is 5.91 Å². The van der Waals surface area contributed by atoms with Crippen molar-refractivity contribution in [2.75, 3.05) is 0 Å². The molecule has 0 spiro atoms. The highest BCUT2D eigenvalue weighted by Crippen LogP contribution is 2.30. The number of aromatic nitrogens is 4. The molecular weight excluding hydrogens is 302 g/mol. The molecule has 0 saturated carbocycles. The second kappa shape index (κ2) is 5.96. The van der Waals surface area contributed by atoms with Crippen molar-refractivity contribution in [2.24, 2.45) is 0 Å². The molecule has 0 radical (unpaired) electrons. The minimum atomic E-state index is 0.00895. The van der Waals surface area contributed by atoms with Crippen LogP contribution in [-0.2, 0) is 24.4 Å². The Kier molecular flexibility index (Phi) is 3.65. The summed E-state index contributed by atoms with van der Waals surface area (Å²) < 4.78 is 3.87. The first-order chi connectivity index (χ1) is 11.7. The van der Waals surface area contributed by atoms with E-state index in [4.69, 9.17) is 0 Å². The molecule has 1 amide bonds. The van der Waals surface area contributed by atoms with E-state index in [1.165, 1.54) is 0 Å². The van der Waals surface area contributed by atoms with Crippen LogP contribution in [0, 0.1) is 6.92 Å². The van der Waals surface area contributed by atoms with Crippen LogP contribution in [0.2, 0.25) is 0 Å². The van der Waals surface area contributed by atoms with E-state index in [9.17, 15) is 4.79 Å². The zero-order chi connectivity index (χ0) is 16.5. The summed E-state index contributed by atoms with van der Waals surface area (Å²) in [7, 11) is 0. The Morgan fingerprint density at radius 1 is 1.25 bits per heavy atom. The van der Waals surface area contributed by atoms with Crippen LogP contribution in [0.3, 0.4) is 0 Å². The number of hydrogen-bond donors (Lipinski definition) is 0. The highest BCUT2D eigenvalue weighted by molar-refractivity contribution is 5.76. The highest BCUT2D eigenvalue weighted by atomic mass is 16.2. The first-order valence-corrected chi connectivity index (χ1v) is 8.05. The lowest BCUT2D eigenvalue weighted by Crippen LogP contribution is -2.43. The Morgan fingerprint density at radius 2 is 2.08 bits per heavy atom. The number of fused-ring (bicyclic) bond motifs is 1. The van der Waals surface area contributed by atoms with Gasteiger partial charge in [0, 0.05) is 30.8 Å². The maximum atomic E-state index is 12.9. The summed E-state index contributed by atoms with van der Waals surface area (Å²) in [6, 6.07) is 12.0. The molecule has 3 heterocycles. The van der Waals surface area contributed by atoms with Crippen molar-refractivity contribution in [3.05, 3.63) is 72.1 Å². The summed E-state index contributed by atoms with van der Waals surface area (Å²) in [6.07, 6.45) is 5.37. The van der Waals surface area contributed by atoms with Gasteiger partial charge in [0.1, 0.15) is 12.4 Å². The van der Waals surface area contributed by atoms with Crippen molar-refractivity contribution in [1.82, 2.24) is 24.2 Å². The van der Waals surface area contributed by atoms with E-state index in [0.29, 0.717) is 6.54 Å². The molecule has 2 aromatic heterocycles. The van der Waals surface area contributed by atoms with Crippen LogP contribution in [0.1, 0.15) is 23.1 Å². The van der Waals surface area contributed by atoms with E-state index in [0.717, 1.165) is 23.6 Å². The molecule has 122 valence electrons. The number of aryl methyl sites for hydroxylation is 1. The fourth-order valence-corrected chi connectivity index (χ4v) is 3.27. The predicted molar refractivity (Wildman–Crippen MR) is 88.9 cm³/mol. The average Bonchev–Trinajstić information content (AvgIpc) is 3.24. The number of imidazole rings is 1. The molecule has 4 rings (SSSR count). The molecule has 6 nitrogen and oxygen atoms in total. The molecule has 0 unspecified atom stereocenters. The Morgan fingerprint density at radius 3 is 2.83 bits per heavy atom. The number of nitrogens with zero attached hydrogens (tertiary/aromatic N) is 5. The third-order valence-corrected chi connectivity index (χ3v) is 4.54. The van der Waals surface area contributed by atoms with Crippen LogP contribution in [0.4, 0.5) is 0 Å². The van der Waals surface area contributed by atoms with Gasteiger partial charge >= 0.3 is 0 Å². The Bertz CT molecular complexity index is 838. The van der Waals surface area contributed by atoms with E-state index in [2.05, 4.69) is 33.7 Å². The van der Waals surface area contributed by atoms with Gasteiger partial charge in [-0.25, -0.2) is 4.98 Å². The maximum Gasteiger partial charge on any atom is 0.245 e. The molecule has 1 aliphatic rings. The number of rotatable bonds is 3. The Labute approximate surface area is 140 Å². The molecule has 1 atom stereocenters. The first kappa shape index (κ1) is 14.7. The second-order valence-corrected chi connectivity index (χ2v) is 6.08. The van der Waals surface area contributed by atoms with Gasteiger partial charge in [0.05, 0.1) is 12.6 Å². The standard InChI is InChI=1S/C18H19N5O/c1-14-10-19-17-12-23(18(24)13-21-9-5-8-20-21)16(11-22(14)17)15-6-3-2-4-7-15/h2-10,16H,11-13H2,1H3/t16-/m1/s1. The third-order valence-electron chi connectivity index (χ3n) is 4.54. The van der Waals surface area contributed by atoms with Crippen molar-refractivity contribution in [3.8, 4) is 0 Å². The fourth-order valence-electron chi connectivity index (χ4n) is 3.27. The summed E-state index contributed by atoms with van der Waals surface area (Å²) >= 11 is 0. The van der Waals surface area contributed by atoms with Crippen LogP contribution in [-0.4, -0.2) is 30.1 Å². The molecule has 0 aliphatic carbocycles. The minimum Gasteiger partial charge on any atom is -0.328 e. The van der Waals surface area contributed by atoms with Gasteiger partial charge in [0.25, 0.3) is 0 Å². The van der Waals surface area contributed by atoms with Crippen LogP contribution in [0.15, 0.2) is 55.0 Å². The first-order valence-electron chi connectivity index (χ1n) is 8.05. The van der Waals surface area contributed by atoms with E-state index in [1.807, 2.05) is 41.6 Å². The van der Waals surface area contributed by atoms with Gasteiger partial charge in [-0.05, 0) is 18.6 Å². The van der Waals surface area contributed by atoms with Crippen LogP contribution in [0.5, 0.6) is 0 Å². The lowest BCUT2D eigenvalue weighted by molar-refractivity contribution is -0.136. The SMILES string of the molecule is Cc1cnc2n1C[C@H](c1ccccc1)N(C(=O)Cn1cccn1)C2. The fraction of sp³-hybridized carbons (Fsp3) is 0.278. The lowest BCUT2D eigenvalue weighted by Gasteiger charge is -2.37. The predicted octanol–water partition coefficient (Wildman–Crippen LogP) is 2.17. The van der Waals surface area contributed by atoms with Gasteiger partial charge in [-0.3, -0.25) is 9.48 Å². The van der Waals surface area contributed by atoms with Gasteiger partial charge < -0.3 is 9.47 Å². The van der Waals surface area contributed by atoms with Gasteiger partial charge in [-0.15, -0.1) is 0 Å². The van der Waals surface area contributed by atoms with Crippen molar-refractivity contribution in [2.45, 2.75) is 32.6 Å². The van der Waals surface area contributed by atoms with Gasteiger partial charge in [-0.2, -0.15) is 5.10 Å². The van der Waals surface area contributed by atoms with Crippen molar-refractivity contribution < 1.29 is 4.79 Å². The zero-order valence-corrected chi connectivity index (χ0v) is 13.5. The monoisotopic (exact) mass is 321 g/mol. The molecule has 1 aromatic carbocycles. The number of carbonyl (C=O) groups is 1. The lowest BCUT2D eigenvalue weighted by atomic mass is 10.0. The highest BCUT2D eigenvalue weighted by Gasteiger charge is 2.32. The van der Waals surface area contributed by atoms with Crippen molar-refractivity contribution in [3.63, 3.8) is 0 Å². The van der Waals surface area contributed by atoms with Gasteiger partial charge in [0.15, 0.2) is 0 Å². The number of hydrogen-bond acceptors (Lipinski definition) is 3. The van der Waals surface area contributed by atoms with E-state index in [1.54, 1.807) is 10.9 Å². The molecule has 0 bridgehead atoms. The summed E-state index contributed by atoms with van der Waals surface area (Å²) in [5.74, 6) is 0.993. The number of benzene rings is 1. The molecule has 0 fully saturated rings. The second-order valence-electron chi connectivity index (χ2n) is 6.08. The molecule has 24 heavy (non-hydrogen) atoms. The van der Waals surface area contributed by atoms with Crippen molar-refractivity contribution >= 4 is 5.91 Å². The summed E-state index contributed by atoms with van der Waals surface area (Å²) in [5.41, 5.74) is 2.27. The van der Waals surface area contributed by atoms with E-state index < -0.39 is 0 Å². The topological polar surface area (TPSA) is 56.0 Å². The minimum absolute atomic E-state index is 0.00895.